The molecule has 1 unspecified atom stereocenters. The maximum absolute atomic E-state index is 13.5. The van der Waals surface area contributed by atoms with E-state index in [2.05, 4.69) is 10.4 Å². The summed E-state index contributed by atoms with van der Waals surface area (Å²) in [5.74, 6) is 0.516. The molecule has 1 amide bonds. The molecule has 2 aromatic carbocycles. The Kier molecular flexibility index (Phi) is 5.80. The Labute approximate surface area is 203 Å². The van der Waals surface area contributed by atoms with Gasteiger partial charge in [-0.15, -0.1) is 0 Å². The molecule has 1 saturated heterocycles. The zero-order valence-corrected chi connectivity index (χ0v) is 20.6. The van der Waals surface area contributed by atoms with Gasteiger partial charge in [-0.1, -0.05) is 29.8 Å². The molecule has 9 heteroatoms. The number of aromatic nitrogens is 3. The number of hydrogen-bond donors (Lipinski definition) is 1. The van der Waals surface area contributed by atoms with Crippen LogP contribution < -0.4 is 10.1 Å². The van der Waals surface area contributed by atoms with E-state index < -0.39 is 9.84 Å². The fourth-order valence-electron chi connectivity index (χ4n) is 4.48. The van der Waals surface area contributed by atoms with Crippen molar-refractivity contribution in [1.29, 1.82) is 0 Å². The summed E-state index contributed by atoms with van der Waals surface area (Å²) < 4.78 is 31.4. The van der Waals surface area contributed by atoms with Gasteiger partial charge in [0.25, 0.3) is 5.91 Å². The predicted octanol–water partition coefficient (Wildman–Crippen LogP) is 4.34. The van der Waals surface area contributed by atoms with Gasteiger partial charge in [0, 0.05) is 11.3 Å². The quantitative estimate of drug-likeness (QED) is 0.447. The first kappa shape index (κ1) is 23.0. The summed E-state index contributed by atoms with van der Waals surface area (Å²) in [6, 6.07) is 16.5. The van der Waals surface area contributed by atoms with E-state index in [1.807, 2.05) is 62.4 Å². The third kappa shape index (κ3) is 4.51. The Morgan fingerprint density at radius 2 is 1.89 bits per heavy atom. The van der Waals surface area contributed by atoms with Gasteiger partial charge in [0.15, 0.2) is 15.5 Å². The molecule has 5 rings (SSSR count). The number of fused-ring (bicyclic) bond motifs is 1. The summed E-state index contributed by atoms with van der Waals surface area (Å²) >= 11 is 0. The van der Waals surface area contributed by atoms with E-state index in [1.54, 1.807) is 17.9 Å². The number of carbonyl (C=O) groups is 1. The topological polar surface area (TPSA) is 103 Å². The van der Waals surface area contributed by atoms with Crippen LogP contribution in [0.15, 0.2) is 54.6 Å². The number of benzene rings is 2. The molecule has 1 N–H and O–H groups in total. The summed E-state index contributed by atoms with van der Waals surface area (Å²) in [5, 5.41) is 8.24. The van der Waals surface area contributed by atoms with Crippen LogP contribution in [0.3, 0.4) is 0 Å². The molecule has 1 aliphatic rings. The number of pyridine rings is 1. The first-order valence-electron chi connectivity index (χ1n) is 11.4. The molecule has 1 atom stereocenters. The van der Waals surface area contributed by atoms with Gasteiger partial charge < -0.3 is 10.1 Å². The minimum absolute atomic E-state index is 0.0131. The van der Waals surface area contributed by atoms with Crippen LogP contribution in [0, 0.1) is 13.8 Å². The zero-order chi connectivity index (χ0) is 24.7. The second-order valence-electron chi connectivity index (χ2n) is 8.89. The van der Waals surface area contributed by atoms with Gasteiger partial charge in [-0.3, -0.25) is 4.79 Å². The van der Waals surface area contributed by atoms with Gasteiger partial charge in [-0.2, -0.15) is 5.10 Å². The van der Waals surface area contributed by atoms with Crippen LogP contribution in [-0.2, 0) is 9.84 Å². The molecular weight excluding hydrogens is 464 g/mol. The van der Waals surface area contributed by atoms with E-state index in [1.165, 1.54) is 0 Å². The zero-order valence-electron chi connectivity index (χ0n) is 19.8. The average Bonchev–Trinajstić information content (AvgIpc) is 3.38. The van der Waals surface area contributed by atoms with Gasteiger partial charge in [0.1, 0.15) is 5.75 Å². The number of hydrogen-bond acceptors (Lipinski definition) is 6. The monoisotopic (exact) mass is 490 g/mol. The Morgan fingerprint density at radius 1 is 1.11 bits per heavy atom. The van der Waals surface area contributed by atoms with Gasteiger partial charge >= 0.3 is 0 Å². The van der Waals surface area contributed by atoms with Crippen LogP contribution >= 0.6 is 0 Å². The van der Waals surface area contributed by atoms with Crippen molar-refractivity contribution < 1.29 is 17.9 Å². The van der Waals surface area contributed by atoms with E-state index in [9.17, 15) is 13.2 Å². The van der Waals surface area contributed by atoms with Crippen molar-refractivity contribution in [2.45, 2.75) is 26.3 Å². The van der Waals surface area contributed by atoms with Gasteiger partial charge in [0.05, 0.1) is 47.0 Å². The number of nitrogens with zero attached hydrogens (tertiary/aromatic N) is 3. The van der Waals surface area contributed by atoms with Gasteiger partial charge in [-0.25, -0.2) is 18.1 Å². The SMILES string of the molecule is COc1cccc(-c2cc(C(=O)Nc3ccc(C)cc3)c3c(C)nn(C4CCS(=O)(=O)C4)c3n2)c1. The van der Waals surface area contributed by atoms with Crippen LogP contribution in [0.2, 0.25) is 0 Å². The highest BCUT2D eigenvalue weighted by Gasteiger charge is 2.32. The van der Waals surface area contributed by atoms with Crippen LogP contribution in [0.1, 0.15) is 34.1 Å². The standard InChI is InChI=1S/C26H26N4O4S/c1-16-7-9-19(10-8-16)27-26(31)22-14-23(18-5-4-6-21(13-18)34-3)28-25-24(22)17(2)29-30(25)20-11-12-35(32,33)15-20/h4-10,13-14,20H,11-12,15H2,1-3H3,(H,27,31). The highest BCUT2D eigenvalue weighted by atomic mass is 32.2. The number of sulfone groups is 1. The van der Waals surface area contributed by atoms with Crippen molar-refractivity contribution >= 4 is 32.5 Å². The molecule has 0 aliphatic carbocycles. The Morgan fingerprint density at radius 3 is 2.57 bits per heavy atom. The molecule has 4 aromatic rings. The number of aryl methyl sites for hydroxylation is 2. The molecule has 0 bridgehead atoms. The fourth-order valence-corrected chi connectivity index (χ4v) is 6.17. The minimum atomic E-state index is -3.13. The number of anilines is 1. The summed E-state index contributed by atoms with van der Waals surface area (Å²) in [6.07, 6.45) is 0.467. The Bertz CT molecular complexity index is 1540. The molecule has 0 spiro atoms. The molecule has 1 aliphatic heterocycles. The number of methoxy groups -OCH3 is 1. The third-order valence-electron chi connectivity index (χ3n) is 6.31. The fraction of sp³-hybridized carbons (Fsp3) is 0.269. The lowest BCUT2D eigenvalue weighted by Crippen LogP contribution is -2.15. The number of carbonyl (C=O) groups excluding carboxylic acids is 1. The largest absolute Gasteiger partial charge is 0.497 e. The number of rotatable bonds is 5. The first-order valence-corrected chi connectivity index (χ1v) is 13.2. The molecule has 35 heavy (non-hydrogen) atoms. The lowest BCUT2D eigenvalue weighted by atomic mass is 10.0. The highest BCUT2D eigenvalue weighted by Crippen LogP contribution is 2.33. The summed E-state index contributed by atoms with van der Waals surface area (Å²) in [7, 11) is -1.54. The number of amides is 1. The van der Waals surface area contributed by atoms with Crippen molar-refractivity contribution in [3.8, 4) is 17.0 Å². The second kappa shape index (κ2) is 8.81. The average molecular weight is 491 g/mol. The van der Waals surface area contributed by atoms with Crippen molar-refractivity contribution in [2.24, 2.45) is 0 Å². The van der Waals surface area contributed by atoms with E-state index in [0.717, 1.165) is 11.1 Å². The predicted molar refractivity (Wildman–Crippen MR) is 136 cm³/mol. The van der Waals surface area contributed by atoms with Crippen LogP contribution in [-0.4, -0.2) is 47.7 Å². The Hall–Kier alpha value is -3.72. The van der Waals surface area contributed by atoms with Crippen molar-refractivity contribution in [3.63, 3.8) is 0 Å². The van der Waals surface area contributed by atoms with Crippen molar-refractivity contribution in [1.82, 2.24) is 14.8 Å². The van der Waals surface area contributed by atoms with E-state index >= 15 is 0 Å². The van der Waals surface area contributed by atoms with Crippen molar-refractivity contribution in [2.75, 3.05) is 23.9 Å². The molecule has 180 valence electrons. The lowest BCUT2D eigenvalue weighted by molar-refractivity contribution is 0.102. The molecular formula is C26H26N4O4S. The minimum Gasteiger partial charge on any atom is -0.497 e. The molecule has 2 aromatic heterocycles. The molecule has 0 radical (unpaired) electrons. The van der Waals surface area contributed by atoms with Gasteiger partial charge in [0.2, 0.25) is 0 Å². The van der Waals surface area contributed by atoms with E-state index in [0.29, 0.717) is 45.8 Å². The highest BCUT2D eigenvalue weighted by molar-refractivity contribution is 7.91. The number of ether oxygens (including phenoxy) is 1. The van der Waals surface area contributed by atoms with Gasteiger partial charge in [-0.05, 0) is 50.6 Å². The van der Waals surface area contributed by atoms with Crippen LogP contribution in [0.25, 0.3) is 22.3 Å². The Balaban J connectivity index is 1.68. The third-order valence-corrected chi connectivity index (χ3v) is 8.06. The summed E-state index contributed by atoms with van der Waals surface area (Å²) in [5.41, 5.74) is 4.69. The van der Waals surface area contributed by atoms with E-state index in [4.69, 9.17) is 9.72 Å². The molecule has 8 nitrogen and oxygen atoms in total. The second-order valence-corrected chi connectivity index (χ2v) is 11.1. The normalized spacial score (nSPS) is 16.9. The van der Waals surface area contributed by atoms with Crippen LogP contribution in [0.4, 0.5) is 5.69 Å². The summed E-state index contributed by atoms with van der Waals surface area (Å²) in [4.78, 5) is 18.4. The molecule has 3 heterocycles. The molecule has 0 saturated carbocycles. The first-order chi connectivity index (χ1) is 16.7. The number of nitrogens with one attached hydrogen (secondary N) is 1. The van der Waals surface area contributed by atoms with E-state index in [-0.39, 0.29) is 23.5 Å². The van der Waals surface area contributed by atoms with Crippen molar-refractivity contribution in [3.05, 3.63) is 71.4 Å². The van der Waals surface area contributed by atoms with Crippen LogP contribution in [0.5, 0.6) is 5.75 Å². The molecule has 1 fully saturated rings. The summed E-state index contributed by atoms with van der Waals surface area (Å²) in [6.45, 7) is 3.80. The smallest absolute Gasteiger partial charge is 0.256 e. The lowest BCUT2D eigenvalue weighted by Gasteiger charge is -2.13. The maximum atomic E-state index is 13.5. The maximum Gasteiger partial charge on any atom is 0.256 e.